The van der Waals surface area contributed by atoms with Gasteiger partial charge in [-0.2, -0.15) is 5.10 Å². The smallest absolute Gasteiger partial charge is 0.147 e. The average Bonchev–Trinajstić information content (AvgIpc) is 2.86. The second kappa shape index (κ2) is 4.18. The summed E-state index contributed by atoms with van der Waals surface area (Å²) >= 11 is 3.32. The minimum atomic E-state index is 0.362. The van der Waals surface area contributed by atoms with Crippen LogP contribution in [0.3, 0.4) is 0 Å². The van der Waals surface area contributed by atoms with E-state index in [1.54, 1.807) is 6.20 Å². The number of hydrogen-bond donors (Lipinski definition) is 0. The summed E-state index contributed by atoms with van der Waals surface area (Å²) in [6.07, 6.45) is 3.77. The van der Waals surface area contributed by atoms with Gasteiger partial charge >= 0.3 is 0 Å². The molecule has 0 fully saturated rings. The third kappa shape index (κ3) is 2.12. The number of rotatable bonds is 3. The van der Waals surface area contributed by atoms with E-state index in [1.807, 2.05) is 16.9 Å². The highest BCUT2D eigenvalue weighted by Crippen LogP contribution is 2.20. The minimum Gasteiger partial charge on any atom is -0.360 e. The quantitative estimate of drug-likeness (QED) is 0.805. The fourth-order valence-electron chi connectivity index (χ4n) is 1.26. The molecule has 4 nitrogen and oxygen atoms in total. The van der Waals surface area contributed by atoms with E-state index in [4.69, 9.17) is 4.52 Å². The Morgan fingerprint density at radius 1 is 1.53 bits per heavy atom. The Morgan fingerprint density at radius 3 is 2.87 bits per heavy atom. The molecule has 0 unspecified atom stereocenters. The molecule has 0 bridgehead atoms. The van der Waals surface area contributed by atoms with Gasteiger partial charge in [0.2, 0.25) is 0 Å². The first-order valence-corrected chi connectivity index (χ1v) is 5.89. The van der Waals surface area contributed by atoms with E-state index in [-0.39, 0.29) is 0 Å². The van der Waals surface area contributed by atoms with Gasteiger partial charge in [0.15, 0.2) is 0 Å². The lowest BCUT2D eigenvalue weighted by atomic mass is 10.2. The SMILES string of the molecule is CC(C)n1cc(-c2cc(CBr)on2)cn1. The maximum Gasteiger partial charge on any atom is 0.147 e. The summed E-state index contributed by atoms with van der Waals surface area (Å²) in [4.78, 5) is 0. The Morgan fingerprint density at radius 2 is 2.33 bits per heavy atom. The van der Waals surface area contributed by atoms with Crippen molar-refractivity contribution < 1.29 is 4.52 Å². The molecule has 2 rings (SSSR count). The number of aromatic nitrogens is 3. The number of nitrogens with zero attached hydrogens (tertiary/aromatic N) is 3. The van der Waals surface area contributed by atoms with Gasteiger partial charge in [-0.05, 0) is 13.8 Å². The van der Waals surface area contributed by atoms with Crippen LogP contribution in [0, 0.1) is 0 Å². The zero-order chi connectivity index (χ0) is 10.8. The van der Waals surface area contributed by atoms with Crippen molar-refractivity contribution in [2.24, 2.45) is 0 Å². The van der Waals surface area contributed by atoms with E-state index in [2.05, 4.69) is 40.0 Å². The van der Waals surface area contributed by atoms with Crippen molar-refractivity contribution in [3.63, 3.8) is 0 Å². The predicted octanol–water partition coefficient (Wildman–Crippen LogP) is 3.01. The summed E-state index contributed by atoms with van der Waals surface area (Å²) in [5.41, 5.74) is 1.82. The molecule has 0 spiro atoms. The summed E-state index contributed by atoms with van der Waals surface area (Å²) in [5, 5.41) is 8.90. The average molecular weight is 270 g/mol. The second-order valence-corrected chi connectivity index (χ2v) is 4.18. The first-order chi connectivity index (χ1) is 7.20. The van der Waals surface area contributed by atoms with Gasteiger partial charge in [-0.1, -0.05) is 21.1 Å². The maximum atomic E-state index is 5.10. The van der Waals surface area contributed by atoms with Crippen molar-refractivity contribution in [2.75, 3.05) is 0 Å². The number of hydrogen-bond acceptors (Lipinski definition) is 3. The summed E-state index contributed by atoms with van der Waals surface area (Å²) < 4.78 is 7.00. The molecule has 0 amide bonds. The molecule has 5 heteroatoms. The normalized spacial score (nSPS) is 11.2. The predicted molar refractivity (Wildman–Crippen MR) is 60.7 cm³/mol. The second-order valence-electron chi connectivity index (χ2n) is 3.61. The fourth-order valence-corrected chi connectivity index (χ4v) is 1.53. The Labute approximate surface area is 96.4 Å². The number of halogens is 1. The lowest BCUT2D eigenvalue weighted by molar-refractivity contribution is 0.398. The first kappa shape index (κ1) is 10.4. The van der Waals surface area contributed by atoms with Crippen LogP contribution in [0.15, 0.2) is 23.0 Å². The molecular weight excluding hydrogens is 258 g/mol. The van der Waals surface area contributed by atoms with E-state index >= 15 is 0 Å². The summed E-state index contributed by atoms with van der Waals surface area (Å²) in [6.45, 7) is 4.17. The standard InChI is InChI=1S/C10H12BrN3O/c1-7(2)14-6-8(5-12-14)10-3-9(4-11)15-13-10/h3,5-7H,4H2,1-2H3. The molecule has 0 aliphatic carbocycles. The highest BCUT2D eigenvalue weighted by Gasteiger charge is 2.08. The monoisotopic (exact) mass is 269 g/mol. The summed E-state index contributed by atoms with van der Waals surface area (Å²) in [6, 6.07) is 2.28. The van der Waals surface area contributed by atoms with Crippen LogP contribution in [-0.4, -0.2) is 14.9 Å². The van der Waals surface area contributed by atoms with Gasteiger partial charge in [0.1, 0.15) is 11.5 Å². The molecular formula is C10H12BrN3O. The van der Waals surface area contributed by atoms with Gasteiger partial charge in [0, 0.05) is 23.9 Å². The minimum absolute atomic E-state index is 0.362. The first-order valence-electron chi connectivity index (χ1n) is 4.77. The Hall–Kier alpha value is -1.10. The van der Waals surface area contributed by atoms with Crippen molar-refractivity contribution in [2.45, 2.75) is 25.2 Å². The van der Waals surface area contributed by atoms with Crippen LogP contribution in [0.2, 0.25) is 0 Å². The fraction of sp³-hybridized carbons (Fsp3) is 0.400. The van der Waals surface area contributed by atoms with Crippen molar-refractivity contribution in [3.05, 3.63) is 24.2 Å². The van der Waals surface area contributed by atoms with Crippen molar-refractivity contribution in [1.82, 2.24) is 14.9 Å². The van der Waals surface area contributed by atoms with Crippen molar-refractivity contribution in [3.8, 4) is 11.3 Å². The van der Waals surface area contributed by atoms with Crippen LogP contribution in [0.5, 0.6) is 0 Å². The van der Waals surface area contributed by atoms with Crippen LogP contribution in [0.4, 0.5) is 0 Å². The van der Waals surface area contributed by atoms with Crippen LogP contribution < -0.4 is 0 Å². The van der Waals surface area contributed by atoms with E-state index in [0.29, 0.717) is 11.4 Å². The lowest BCUT2D eigenvalue weighted by Crippen LogP contribution is -1.99. The summed E-state index contributed by atoms with van der Waals surface area (Å²) in [7, 11) is 0. The highest BCUT2D eigenvalue weighted by atomic mass is 79.9. The molecule has 0 aromatic carbocycles. The molecule has 0 saturated heterocycles. The Kier molecular flexibility index (Phi) is 2.90. The maximum absolute atomic E-state index is 5.10. The molecule has 0 aliphatic rings. The van der Waals surface area contributed by atoms with Crippen LogP contribution in [-0.2, 0) is 5.33 Å². The molecule has 2 aromatic heterocycles. The largest absolute Gasteiger partial charge is 0.360 e. The van der Waals surface area contributed by atoms with Crippen molar-refractivity contribution >= 4 is 15.9 Å². The van der Waals surface area contributed by atoms with Gasteiger partial charge in [-0.3, -0.25) is 4.68 Å². The third-order valence-corrected chi connectivity index (χ3v) is 2.67. The van der Waals surface area contributed by atoms with Gasteiger partial charge < -0.3 is 4.52 Å². The molecule has 0 radical (unpaired) electrons. The molecule has 0 saturated carbocycles. The Bertz CT molecular complexity index is 447. The Balaban J connectivity index is 2.28. The van der Waals surface area contributed by atoms with E-state index in [1.165, 1.54) is 0 Å². The molecule has 2 aromatic rings. The van der Waals surface area contributed by atoms with Crippen LogP contribution in [0.1, 0.15) is 25.6 Å². The molecule has 80 valence electrons. The van der Waals surface area contributed by atoms with Crippen LogP contribution >= 0.6 is 15.9 Å². The van der Waals surface area contributed by atoms with Gasteiger partial charge in [0.05, 0.1) is 11.5 Å². The molecule has 0 N–H and O–H groups in total. The molecule has 0 aliphatic heterocycles. The van der Waals surface area contributed by atoms with Crippen LogP contribution in [0.25, 0.3) is 11.3 Å². The number of alkyl halides is 1. The third-order valence-electron chi connectivity index (χ3n) is 2.12. The van der Waals surface area contributed by atoms with Gasteiger partial charge in [-0.15, -0.1) is 0 Å². The zero-order valence-corrected chi connectivity index (χ0v) is 10.2. The lowest BCUT2D eigenvalue weighted by Gasteiger charge is -2.02. The van der Waals surface area contributed by atoms with Gasteiger partial charge in [-0.25, -0.2) is 0 Å². The van der Waals surface area contributed by atoms with E-state index < -0.39 is 0 Å². The molecule has 15 heavy (non-hydrogen) atoms. The highest BCUT2D eigenvalue weighted by molar-refractivity contribution is 9.08. The summed E-state index contributed by atoms with van der Waals surface area (Å²) in [5.74, 6) is 0.822. The van der Waals surface area contributed by atoms with Crippen molar-refractivity contribution in [1.29, 1.82) is 0 Å². The topological polar surface area (TPSA) is 43.9 Å². The molecule has 0 atom stereocenters. The molecule has 2 heterocycles. The zero-order valence-electron chi connectivity index (χ0n) is 8.64. The van der Waals surface area contributed by atoms with Gasteiger partial charge in [0.25, 0.3) is 0 Å². The van der Waals surface area contributed by atoms with E-state index in [9.17, 15) is 0 Å². The van der Waals surface area contributed by atoms with E-state index in [0.717, 1.165) is 17.0 Å².